The van der Waals surface area contributed by atoms with E-state index in [-0.39, 0.29) is 23.5 Å². The highest BCUT2D eigenvalue weighted by Crippen LogP contribution is 2.23. The van der Waals surface area contributed by atoms with Crippen molar-refractivity contribution in [3.63, 3.8) is 0 Å². The Hall–Kier alpha value is -0.280. The number of amides is 1. The number of alkyl halides is 1. The molecule has 1 N–H and O–H groups in total. The van der Waals surface area contributed by atoms with Crippen LogP contribution in [0.3, 0.4) is 0 Å². The quantitative estimate of drug-likeness (QED) is 0.758. The Bertz CT molecular complexity index is 233. The van der Waals surface area contributed by atoms with Gasteiger partial charge in [-0.1, -0.05) is 13.8 Å². The molecule has 4 heteroatoms. The molecule has 1 aliphatic heterocycles. The third-order valence-corrected chi connectivity index (χ3v) is 4.22. The first-order valence-corrected chi connectivity index (χ1v) is 6.61. The number of hydrogen-bond acceptors (Lipinski definition) is 2. The highest BCUT2D eigenvalue weighted by Gasteiger charge is 2.35. The largest absolute Gasteiger partial charge is 0.378 e. The van der Waals surface area contributed by atoms with Crippen molar-refractivity contribution >= 4 is 17.5 Å². The fraction of sp³-hybridized carbons (Fsp3) is 0.917. The predicted molar refractivity (Wildman–Crippen MR) is 65.7 cm³/mol. The second-order valence-corrected chi connectivity index (χ2v) is 4.85. The third kappa shape index (κ3) is 2.89. The molecule has 0 aliphatic carbocycles. The normalized spacial score (nSPS) is 25.8. The highest BCUT2D eigenvalue weighted by atomic mass is 35.5. The second-order valence-electron chi connectivity index (χ2n) is 4.58. The molecule has 1 aliphatic rings. The van der Waals surface area contributed by atoms with Gasteiger partial charge in [0, 0.05) is 12.5 Å². The van der Waals surface area contributed by atoms with Gasteiger partial charge in [0.15, 0.2) is 0 Å². The smallest absolute Gasteiger partial charge is 0.226 e. The number of nitrogens with one attached hydrogen (secondary N) is 1. The van der Waals surface area contributed by atoms with Crippen molar-refractivity contribution in [3.8, 4) is 0 Å². The molecule has 3 nitrogen and oxygen atoms in total. The van der Waals surface area contributed by atoms with E-state index in [1.54, 1.807) is 0 Å². The first-order valence-electron chi connectivity index (χ1n) is 6.08. The molecule has 1 rings (SSSR count). The minimum atomic E-state index is -0.249. The van der Waals surface area contributed by atoms with Gasteiger partial charge in [-0.3, -0.25) is 4.79 Å². The van der Waals surface area contributed by atoms with Gasteiger partial charge in [-0.2, -0.15) is 0 Å². The number of carbonyl (C=O) groups is 1. The lowest BCUT2D eigenvalue weighted by Gasteiger charge is -2.32. The van der Waals surface area contributed by atoms with Gasteiger partial charge in [0.25, 0.3) is 0 Å². The average molecular weight is 248 g/mol. The fourth-order valence-corrected chi connectivity index (χ4v) is 2.52. The van der Waals surface area contributed by atoms with E-state index in [9.17, 15) is 4.79 Å². The van der Waals surface area contributed by atoms with Crippen LogP contribution in [0.25, 0.3) is 0 Å². The fourth-order valence-electron chi connectivity index (χ4n) is 2.08. The van der Waals surface area contributed by atoms with Crippen LogP contribution in [0.15, 0.2) is 0 Å². The molecule has 2 atom stereocenters. The maximum absolute atomic E-state index is 12.1. The van der Waals surface area contributed by atoms with Crippen LogP contribution < -0.4 is 5.32 Å². The van der Waals surface area contributed by atoms with Crippen LogP contribution in [0.4, 0.5) is 0 Å². The van der Waals surface area contributed by atoms with Crippen LogP contribution in [0, 0.1) is 5.92 Å². The number of halogens is 1. The molecular formula is C12H22ClNO2. The van der Waals surface area contributed by atoms with Gasteiger partial charge >= 0.3 is 0 Å². The topological polar surface area (TPSA) is 38.3 Å². The standard InChI is InChI=1S/C12H22ClNO2/c1-4-12(5-2,8-13)14-11(15)10-6-7-16-9(10)3/h9-10H,4-8H2,1-3H3,(H,14,15). The molecule has 0 saturated carbocycles. The molecule has 1 fully saturated rings. The molecule has 0 aromatic heterocycles. The Kier molecular flexibility index (Phi) is 5.06. The van der Waals surface area contributed by atoms with Gasteiger partial charge in [0.05, 0.1) is 17.6 Å². The van der Waals surface area contributed by atoms with Crippen molar-refractivity contribution in [2.24, 2.45) is 5.92 Å². The molecule has 0 bridgehead atoms. The molecule has 16 heavy (non-hydrogen) atoms. The maximum atomic E-state index is 12.1. The molecule has 0 aromatic carbocycles. The van der Waals surface area contributed by atoms with E-state index in [1.165, 1.54) is 0 Å². The summed E-state index contributed by atoms with van der Waals surface area (Å²) < 4.78 is 5.41. The van der Waals surface area contributed by atoms with Gasteiger partial charge in [-0.15, -0.1) is 11.6 Å². The van der Waals surface area contributed by atoms with Gasteiger partial charge in [0.2, 0.25) is 5.91 Å². The van der Waals surface area contributed by atoms with Crippen molar-refractivity contribution in [1.29, 1.82) is 0 Å². The molecule has 94 valence electrons. The van der Waals surface area contributed by atoms with Crippen molar-refractivity contribution < 1.29 is 9.53 Å². The Balaban J connectivity index is 2.61. The molecule has 1 heterocycles. The lowest BCUT2D eigenvalue weighted by molar-refractivity contribution is -0.128. The first kappa shape index (κ1) is 13.8. The SMILES string of the molecule is CCC(CC)(CCl)NC(=O)C1CCOC1C. The molecule has 1 amide bonds. The van der Waals surface area contributed by atoms with E-state index in [0.717, 1.165) is 19.3 Å². The zero-order valence-electron chi connectivity index (χ0n) is 10.4. The third-order valence-electron chi connectivity index (χ3n) is 3.71. The van der Waals surface area contributed by atoms with E-state index in [4.69, 9.17) is 16.3 Å². The molecule has 2 unspecified atom stereocenters. The Labute approximate surface area is 103 Å². The van der Waals surface area contributed by atoms with Crippen LogP contribution in [0.5, 0.6) is 0 Å². The summed E-state index contributed by atoms with van der Waals surface area (Å²) in [5.41, 5.74) is -0.249. The summed E-state index contributed by atoms with van der Waals surface area (Å²) in [5.74, 6) is 0.545. The minimum Gasteiger partial charge on any atom is -0.378 e. The van der Waals surface area contributed by atoms with Gasteiger partial charge in [0.1, 0.15) is 0 Å². The summed E-state index contributed by atoms with van der Waals surface area (Å²) in [5, 5.41) is 3.10. The van der Waals surface area contributed by atoms with Gasteiger partial charge in [-0.25, -0.2) is 0 Å². The van der Waals surface area contributed by atoms with Gasteiger partial charge in [-0.05, 0) is 26.2 Å². The summed E-state index contributed by atoms with van der Waals surface area (Å²) in [6, 6.07) is 0. The molecule has 0 aromatic rings. The molecule has 0 spiro atoms. The zero-order valence-corrected chi connectivity index (χ0v) is 11.1. The van der Waals surface area contributed by atoms with E-state index in [1.807, 2.05) is 6.92 Å². The van der Waals surface area contributed by atoms with Gasteiger partial charge < -0.3 is 10.1 Å². The molecule has 0 radical (unpaired) electrons. The lowest BCUT2D eigenvalue weighted by atomic mass is 9.92. The van der Waals surface area contributed by atoms with Crippen LogP contribution >= 0.6 is 11.6 Å². The lowest BCUT2D eigenvalue weighted by Crippen LogP contribution is -2.52. The number of ether oxygens (including phenoxy) is 1. The predicted octanol–water partition coefficient (Wildman–Crippen LogP) is 2.33. The number of hydrogen-bond donors (Lipinski definition) is 1. The van der Waals surface area contributed by atoms with Crippen LogP contribution in [-0.2, 0) is 9.53 Å². The van der Waals surface area contributed by atoms with Crippen molar-refractivity contribution in [2.75, 3.05) is 12.5 Å². The Morgan fingerprint density at radius 2 is 2.12 bits per heavy atom. The van der Waals surface area contributed by atoms with Crippen LogP contribution in [-0.4, -0.2) is 30.0 Å². The number of rotatable bonds is 5. The second kappa shape index (κ2) is 5.87. The van der Waals surface area contributed by atoms with E-state index in [0.29, 0.717) is 12.5 Å². The van der Waals surface area contributed by atoms with Crippen molar-refractivity contribution in [1.82, 2.24) is 5.32 Å². The molecule has 1 saturated heterocycles. The summed E-state index contributed by atoms with van der Waals surface area (Å²) in [7, 11) is 0. The van der Waals surface area contributed by atoms with E-state index < -0.39 is 0 Å². The summed E-state index contributed by atoms with van der Waals surface area (Å²) in [4.78, 5) is 12.1. The van der Waals surface area contributed by atoms with Crippen molar-refractivity contribution in [3.05, 3.63) is 0 Å². The zero-order chi connectivity index (χ0) is 12.2. The summed E-state index contributed by atoms with van der Waals surface area (Å²) >= 11 is 5.97. The highest BCUT2D eigenvalue weighted by molar-refractivity contribution is 6.18. The average Bonchev–Trinajstić information content (AvgIpc) is 2.72. The monoisotopic (exact) mass is 247 g/mol. The van der Waals surface area contributed by atoms with Crippen LogP contribution in [0.1, 0.15) is 40.0 Å². The maximum Gasteiger partial charge on any atom is 0.226 e. The van der Waals surface area contributed by atoms with E-state index in [2.05, 4.69) is 19.2 Å². The Morgan fingerprint density at radius 3 is 2.50 bits per heavy atom. The summed E-state index contributed by atoms with van der Waals surface area (Å²) in [6.45, 7) is 6.75. The van der Waals surface area contributed by atoms with Crippen molar-refractivity contribution in [2.45, 2.75) is 51.7 Å². The summed E-state index contributed by atoms with van der Waals surface area (Å²) in [6.07, 6.45) is 2.57. The minimum absolute atomic E-state index is 0.0132. The van der Waals surface area contributed by atoms with Crippen LogP contribution in [0.2, 0.25) is 0 Å². The number of carbonyl (C=O) groups excluding carboxylic acids is 1. The first-order chi connectivity index (χ1) is 7.58. The molecular weight excluding hydrogens is 226 g/mol. The Morgan fingerprint density at radius 1 is 1.50 bits per heavy atom. The van der Waals surface area contributed by atoms with E-state index >= 15 is 0 Å².